The van der Waals surface area contributed by atoms with Crippen molar-refractivity contribution >= 4 is 5.69 Å². The molecule has 13 heavy (non-hydrogen) atoms. The molecule has 0 heterocycles. The van der Waals surface area contributed by atoms with Crippen LogP contribution in [0.25, 0.3) is 0 Å². The summed E-state index contributed by atoms with van der Waals surface area (Å²) >= 11 is 0. The highest BCUT2D eigenvalue weighted by Gasteiger charge is 1.94. The van der Waals surface area contributed by atoms with E-state index in [4.69, 9.17) is 0 Å². The van der Waals surface area contributed by atoms with Gasteiger partial charge in [-0.1, -0.05) is 18.7 Å². The molecule has 0 aliphatic carbocycles. The van der Waals surface area contributed by atoms with E-state index in [2.05, 4.69) is 41.1 Å². The van der Waals surface area contributed by atoms with Crippen molar-refractivity contribution < 1.29 is 0 Å². The molecular formula is C11H16N2. The first-order valence-electron chi connectivity index (χ1n) is 4.34. The van der Waals surface area contributed by atoms with Gasteiger partial charge in [-0.05, 0) is 23.9 Å². The summed E-state index contributed by atoms with van der Waals surface area (Å²) in [4.78, 5) is 2.09. The van der Waals surface area contributed by atoms with E-state index < -0.39 is 0 Å². The predicted octanol–water partition coefficient (Wildman–Crippen LogP) is 1.99. The summed E-state index contributed by atoms with van der Waals surface area (Å²) in [5.41, 5.74) is 2.49. The fraction of sp³-hybridized carbons (Fsp3) is 0.273. The number of nitrogens with zero attached hydrogens (tertiary/aromatic N) is 1. The molecule has 0 saturated heterocycles. The average Bonchev–Trinajstić information content (AvgIpc) is 2.15. The zero-order valence-corrected chi connectivity index (χ0v) is 8.25. The van der Waals surface area contributed by atoms with Gasteiger partial charge in [-0.25, -0.2) is 0 Å². The van der Waals surface area contributed by atoms with E-state index in [9.17, 15) is 0 Å². The zero-order valence-electron chi connectivity index (χ0n) is 8.25. The van der Waals surface area contributed by atoms with Gasteiger partial charge in [-0.15, -0.1) is 0 Å². The summed E-state index contributed by atoms with van der Waals surface area (Å²) in [6, 6.07) is 8.46. The zero-order chi connectivity index (χ0) is 9.68. The number of benzene rings is 1. The lowest BCUT2D eigenvalue weighted by molar-refractivity contribution is 0.872. The Morgan fingerprint density at radius 3 is 2.38 bits per heavy atom. The first-order chi connectivity index (χ1) is 6.24. The third-order valence-corrected chi connectivity index (χ3v) is 1.90. The standard InChI is InChI=1S/C11H16N2/c1-4-12-9-10-5-7-11(8-6-10)13(2)3/h4-8,12H,1,9H2,2-3H3. The van der Waals surface area contributed by atoms with Gasteiger partial charge >= 0.3 is 0 Å². The monoisotopic (exact) mass is 176 g/mol. The maximum atomic E-state index is 3.60. The number of hydrogen-bond donors (Lipinski definition) is 1. The van der Waals surface area contributed by atoms with E-state index in [0.717, 1.165) is 6.54 Å². The number of nitrogens with one attached hydrogen (secondary N) is 1. The average molecular weight is 176 g/mol. The summed E-state index contributed by atoms with van der Waals surface area (Å²) < 4.78 is 0. The summed E-state index contributed by atoms with van der Waals surface area (Å²) in [6.45, 7) is 4.45. The highest BCUT2D eigenvalue weighted by molar-refractivity contribution is 5.45. The molecule has 70 valence electrons. The Bertz CT molecular complexity index is 262. The Labute approximate surface area is 79.9 Å². The van der Waals surface area contributed by atoms with E-state index in [1.807, 2.05) is 14.1 Å². The summed E-state index contributed by atoms with van der Waals surface area (Å²) in [5, 5.41) is 3.06. The molecule has 0 radical (unpaired) electrons. The fourth-order valence-electron chi connectivity index (χ4n) is 1.10. The first-order valence-corrected chi connectivity index (χ1v) is 4.34. The Morgan fingerprint density at radius 1 is 1.31 bits per heavy atom. The molecule has 1 aromatic carbocycles. The molecule has 0 amide bonds. The third kappa shape index (κ3) is 2.82. The highest BCUT2D eigenvalue weighted by atomic mass is 15.1. The van der Waals surface area contributed by atoms with Crippen LogP contribution in [-0.2, 0) is 6.54 Å². The van der Waals surface area contributed by atoms with Gasteiger partial charge in [0.25, 0.3) is 0 Å². The van der Waals surface area contributed by atoms with Crippen LogP contribution >= 0.6 is 0 Å². The van der Waals surface area contributed by atoms with Crippen LogP contribution in [0.3, 0.4) is 0 Å². The van der Waals surface area contributed by atoms with Crippen LogP contribution in [0.4, 0.5) is 5.69 Å². The second kappa shape index (κ2) is 4.55. The summed E-state index contributed by atoms with van der Waals surface area (Å²) in [5.74, 6) is 0. The highest BCUT2D eigenvalue weighted by Crippen LogP contribution is 2.11. The molecule has 2 heteroatoms. The molecular weight excluding hydrogens is 160 g/mol. The quantitative estimate of drug-likeness (QED) is 0.754. The van der Waals surface area contributed by atoms with E-state index in [-0.39, 0.29) is 0 Å². The minimum atomic E-state index is 0.844. The second-order valence-electron chi connectivity index (χ2n) is 3.15. The van der Waals surface area contributed by atoms with Crippen LogP contribution < -0.4 is 10.2 Å². The van der Waals surface area contributed by atoms with Gasteiger partial charge in [0, 0.05) is 26.3 Å². The molecule has 0 fully saturated rings. The van der Waals surface area contributed by atoms with Crippen molar-refractivity contribution in [2.24, 2.45) is 0 Å². The number of rotatable bonds is 4. The van der Waals surface area contributed by atoms with Gasteiger partial charge in [0.05, 0.1) is 0 Å². The van der Waals surface area contributed by atoms with Gasteiger partial charge < -0.3 is 10.2 Å². The fourth-order valence-corrected chi connectivity index (χ4v) is 1.10. The van der Waals surface area contributed by atoms with Crippen LogP contribution in [0.2, 0.25) is 0 Å². The van der Waals surface area contributed by atoms with Crippen molar-refractivity contribution in [3.8, 4) is 0 Å². The van der Waals surface area contributed by atoms with Gasteiger partial charge in [0.15, 0.2) is 0 Å². The Morgan fingerprint density at radius 2 is 1.92 bits per heavy atom. The maximum Gasteiger partial charge on any atom is 0.0395 e. The largest absolute Gasteiger partial charge is 0.387 e. The van der Waals surface area contributed by atoms with Gasteiger partial charge in [-0.3, -0.25) is 0 Å². The maximum absolute atomic E-state index is 3.60. The van der Waals surface area contributed by atoms with Crippen LogP contribution in [0.15, 0.2) is 37.0 Å². The molecule has 0 bridgehead atoms. The molecule has 0 aromatic heterocycles. The van der Waals surface area contributed by atoms with Gasteiger partial charge in [0.2, 0.25) is 0 Å². The Balaban J connectivity index is 2.64. The topological polar surface area (TPSA) is 15.3 Å². The van der Waals surface area contributed by atoms with Gasteiger partial charge in [-0.2, -0.15) is 0 Å². The second-order valence-corrected chi connectivity index (χ2v) is 3.15. The number of hydrogen-bond acceptors (Lipinski definition) is 2. The molecule has 0 spiro atoms. The van der Waals surface area contributed by atoms with Crippen LogP contribution in [-0.4, -0.2) is 14.1 Å². The van der Waals surface area contributed by atoms with E-state index in [1.54, 1.807) is 6.20 Å². The SMILES string of the molecule is C=CNCc1ccc(N(C)C)cc1. The lowest BCUT2D eigenvalue weighted by Gasteiger charge is -2.12. The minimum absolute atomic E-state index is 0.844. The predicted molar refractivity (Wildman–Crippen MR) is 57.8 cm³/mol. The van der Waals surface area contributed by atoms with Gasteiger partial charge in [0.1, 0.15) is 0 Å². The van der Waals surface area contributed by atoms with Crippen molar-refractivity contribution in [1.29, 1.82) is 0 Å². The lowest BCUT2D eigenvalue weighted by atomic mass is 10.2. The van der Waals surface area contributed by atoms with Crippen molar-refractivity contribution in [1.82, 2.24) is 5.32 Å². The molecule has 0 aliphatic heterocycles. The minimum Gasteiger partial charge on any atom is -0.387 e. The van der Waals surface area contributed by atoms with Crippen molar-refractivity contribution in [2.75, 3.05) is 19.0 Å². The first kappa shape index (κ1) is 9.65. The molecule has 1 rings (SSSR count). The van der Waals surface area contributed by atoms with E-state index in [1.165, 1.54) is 11.3 Å². The Kier molecular flexibility index (Phi) is 3.38. The molecule has 0 saturated carbocycles. The van der Waals surface area contributed by atoms with E-state index >= 15 is 0 Å². The van der Waals surface area contributed by atoms with E-state index in [0.29, 0.717) is 0 Å². The molecule has 1 aromatic rings. The third-order valence-electron chi connectivity index (χ3n) is 1.90. The van der Waals surface area contributed by atoms with Crippen LogP contribution in [0.5, 0.6) is 0 Å². The summed E-state index contributed by atoms with van der Waals surface area (Å²) in [6.07, 6.45) is 1.71. The lowest BCUT2D eigenvalue weighted by Crippen LogP contribution is -2.09. The number of anilines is 1. The van der Waals surface area contributed by atoms with Crippen LogP contribution in [0, 0.1) is 0 Å². The Hall–Kier alpha value is -1.44. The van der Waals surface area contributed by atoms with Crippen molar-refractivity contribution in [3.63, 3.8) is 0 Å². The molecule has 0 unspecified atom stereocenters. The van der Waals surface area contributed by atoms with Crippen molar-refractivity contribution in [2.45, 2.75) is 6.54 Å². The summed E-state index contributed by atoms with van der Waals surface area (Å²) in [7, 11) is 4.08. The normalized spacial score (nSPS) is 9.38. The van der Waals surface area contributed by atoms with Crippen LogP contribution in [0.1, 0.15) is 5.56 Å². The molecule has 0 atom stereocenters. The molecule has 1 N–H and O–H groups in total. The van der Waals surface area contributed by atoms with Crippen molar-refractivity contribution in [3.05, 3.63) is 42.6 Å². The molecule has 0 aliphatic rings. The smallest absolute Gasteiger partial charge is 0.0395 e. The molecule has 2 nitrogen and oxygen atoms in total.